The van der Waals surface area contributed by atoms with Crippen LogP contribution in [0.3, 0.4) is 0 Å². The third-order valence-electron chi connectivity index (χ3n) is 3.20. The van der Waals surface area contributed by atoms with Gasteiger partial charge < -0.3 is 0 Å². The molecule has 3 aromatic carbocycles. The summed E-state index contributed by atoms with van der Waals surface area (Å²) in [5, 5.41) is 0. The molecule has 0 atom stereocenters. The van der Waals surface area contributed by atoms with E-state index in [9.17, 15) is 0 Å². The molecular weight excluding hydrogens is 284 g/mol. The predicted octanol–water partition coefficient (Wildman–Crippen LogP) is 6.12. The average Bonchev–Trinajstić information content (AvgIpc) is 2.56. The van der Waals surface area contributed by atoms with Gasteiger partial charge >= 0.3 is 0 Å². The second kappa shape index (κ2) is 5.74. The molecule has 0 saturated carbocycles. The smallest absolute Gasteiger partial charge is 0.0116 e. The third kappa shape index (κ3) is 2.35. The van der Waals surface area contributed by atoms with Crippen molar-refractivity contribution in [3.05, 3.63) is 91.0 Å². The normalized spacial score (nSPS) is 12.1. The van der Waals surface area contributed by atoms with Crippen molar-refractivity contribution in [1.82, 2.24) is 0 Å². The van der Waals surface area contributed by atoms with Gasteiger partial charge in [-0.2, -0.15) is 0 Å². The van der Waals surface area contributed by atoms with E-state index in [4.69, 9.17) is 10.7 Å². The highest BCUT2D eigenvalue weighted by atomic mass is 35.7. The molecule has 100 valence electrons. The van der Waals surface area contributed by atoms with Gasteiger partial charge in [-0.15, -0.1) is 0 Å². The lowest BCUT2D eigenvalue weighted by molar-refractivity contribution is 1.32. The Morgan fingerprint density at radius 1 is 0.450 bits per heavy atom. The van der Waals surface area contributed by atoms with Gasteiger partial charge in [-0.1, -0.05) is 74.5 Å². The molecule has 0 spiro atoms. The van der Waals surface area contributed by atoms with Crippen molar-refractivity contribution in [3.63, 3.8) is 0 Å². The Morgan fingerprint density at radius 3 is 0.950 bits per heavy atom. The summed E-state index contributed by atoms with van der Waals surface area (Å²) in [6, 6.07) is 31.0. The maximum absolute atomic E-state index is 7.20. The molecular formula is C18H15ClS. The van der Waals surface area contributed by atoms with Gasteiger partial charge in [0.2, 0.25) is 0 Å². The standard InChI is InChI=1S/C18H15ClS/c19-20(16-10-4-1-5-11-16,17-12-6-2-7-13-17)18-14-8-3-9-15-18/h1-15H. The lowest BCUT2D eigenvalue weighted by Gasteiger charge is -2.34. The summed E-state index contributed by atoms with van der Waals surface area (Å²) in [5.41, 5.74) is 0. The minimum absolute atomic E-state index is 1.17. The number of hydrogen-bond donors (Lipinski definition) is 0. The van der Waals surface area contributed by atoms with Gasteiger partial charge in [0.05, 0.1) is 0 Å². The van der Waals surface area contributed by atoms with Crippen molar-refractivity contribution in [2.45, 2.75) is 14.7 Å². The van der Waals surface area contributed by atoms with Crippen molar-refractivity contribution in [2.24, 2.45) is 0 Å². The monoisotopic (exact) mass is 298 g/mol. The van der Waals surface area contributed by atoms with Gasteiger partial charge in [0.15, 0.2) is 0 Å². The zero-order chi connectivity index (χ0) is 13.8. The number of halogens is 1. The zero-order valence-corrected chi connectivity index (χ0v) is 12.5. The Balaban J connectivity index is 2.24. The number of rotatable bonds is 3. The second-order valence-corrected chi connectivity index (χ2v) is 8.36. The van der Waals surface area contributed by atoms with Crippen LogP contribution in [0.15, 0.2) is 106 Å². The van der Waals surface area contributed by atoms with E-state index in [1.54, 1.807) is 0 Å². The first kappa shape index (κ1) is 13.3. The molecule has 2 heteroatoms. The van der Waals surface area contributed by atoms with Crippen LogP contribution in [0, 0.1) is 0 Å². The molecule has 3 rings (SSSR count). The van der Waals surface area contributed by atoms with Crippen LogP contribution in [0.1, 0.15) is 0 Å². The van der Waals surface area contributed by atoms with Gasteiger partial charge in [-0.25, -0.2) is 0 Å². The van der Waals surface area contributed by atoms with E-state index in [2.05, 4.69) is 36.4 Å². The van der Waals surface area contributed by atoms with E-state index in [1.807, 2.05) is 54.6 Å². The van der Waals surface area contributed by atoms with Crippen molar-refractivity contribution in [1.29, 1.82) is 0 Å². The lowest BCUT2D eigenvalue weighted by atomic mass is 10.4. The quantitative estimate of drug-likeness (QED) is 0.546. The van der Waals surface area contributed by atoms with Gasteiger partial charge in [0.25, 0.3) is 0 Å². The minimum atomic E-state index is -1.70. The molecule has 0 bridgehead atoms. The van der Waals surface area contributed by atoms with E-state index >= 15 is 0 Å². The Kier molecular flexibility index (Phi) is 3.81. The second-order valence-electron chi connectivity index (χ2n) is 4.48. The Morgan fingerprint density at radius 2 is 0.700 bits per heavy atom. The molecule has 0 unspecified atom stereocenters. The van der Waals surface area contributed by atoms with Crippen LogP contribution >= 0.6 is 19.9 Å². The molecule has 0 saturated heterocycles. The zero-order valence-electron chi connectivity index (χ0n) is 10.9. The van der Waals surface area contributed by atoms with Gasteiger partial charge in [0.1, 0.15) is 0 Å². The summed E-state index contributed by atoms with van der Waals surface area (Å²) < 4.78 is 0. The van der Waals surface area contributed by atoms with E-state index in [0.29, 0.717) is 0 Å². The molecule has 0 radical (unpaired) electrons. The summed E-state index contributed by atoms with van der Waals surface area (Å²) >= 11 is 0. The minimum Gasteiger partial charge on any atom is -0.0810 e. The largest absolute Gasteiger partial charge is 0.0810 e. The van der Waals surface area contributed by atoms with Crippen molar-refractivity contribution >= 4 is 19.9 Å². The maximum atomic E-state index is 7.20. The summed E-state index contributed by atoms with van der Waals surface area (Å²) in [6.07, 6.45) is 0. The first-order valence-corrected chi connectivity index (χ1v) is 8.96. The molecule has 0 aromatic heterocycles. The first-order chi connectivity index (χ1) is 9.82. The Hall–Kier alpha value is -1.70. The fraction of sp³-hybridized carbons (Fsp3) is 0. The van der Waals surface area contributed by atoms with Gasteiger partial charge in [-0.05, 0) is 36.4 Å². The predicted molar refractivity (Wildman–Crippen MR) is 87.6 cm³/mol. The fourth-order valence-corrected chi connectivity index (χ4v) is 5.57. The highest BCUT2D eigenvalue weighted by molar-refractivity contribution is 8.51. The number of hydrogen-bond acceptors (Lipinski definition) is 0. The van der Waals surface area contributed by atoms with Gasteiger partial charge in [0, 0.05) is 14.7 Å². The number of benzene rings is 3. The molecule has 0 N–H and O–H groups in total. The van der Waals surface area contributed by atoms with Crippen molar-refractivity contribution in [2.75, 3.05) is 0 Å². The SMILES string of the molecule is ClS(c1ccccc1)(c1ccccc1)c1ccccc1. The summed E-state index contributed by atoms with van der Waals surface area (Å²) in [5.74, 6) is 0. The summed E-state index contributed by atoms with van der Waals surface area (Å²) in [6.45, 7) is 0. The van der Waals surface area contributed by atoms with Crippen LogP contribution in [-0.2, 0) is 0 Å². The van der Waals surface area contributed by atoms with Crippen molar-refractivity contribution in [3.8, 4) is 0 Å². The topological polar surface area (TPSA) is 0 Å². The Bertz CT molecular complexity index is 569. The molecule has 3 aromatic rings. The van der Waals surface area contributed by atoms with Crippen LogP contribution in [0.25, 0.3) is 0 Å². The molecule has 20 heavy (non-hydrogen) atoms. The van der Waals surface area contributed by atoms with E-state index in [0.717, 1.165) is 0 Å². The summed E-state index contributed by atoms with van der Waals surface area (Å²) in [4.78, 5) is 3.50. The highest BCUT2D eigenvalue weighted by Crippen LogP contribution is 2.71. The van der Waals surface area contributed by atoms with Crippen LogP contribution in [0.4, 0.5) is 0 Å². The van der Waals surface area contributed by atoms with E-state index in [1.165, 1.54) is 14.7 Å². The molecule has 0 aliphatic heterocycles. The molecule has 0 aliphatic carbocycles. The molecule has 0 heterocycles. The van der Waals surface area contributed by atoms with Crippen molar-refractivity contribution < 1.29 is 0 Å². The van der Waals surface area contributed by atoms with Crippen LogP contribution in [-0.4, -0.2) is 0 Å². The third-order valence-corrected chi connectivity index (χ3v) is 7.57. The molecule has 0 amide bonds. The lowest BCUT2D eigenvalue weighted by Crippen LogP contribution is -1.96. The summed E-state index contributed by atoms with van der Waals surface area (Å²) in [7, 11) is 5.50. The van der Waals surface area contributed by atoms with Crippen LogP contribution < -0.4 is 0 Å². The average molecular weight is 299 g/mol. The molecule has 0 nitrogen and oxygen atoms in total. The first-order valence-electron chi connectivity index (χ1n) is 6.50. The van der Waals surface area contributed by atoms with Crippen LogP contribution in [0.5, 0.6) is 0 Å². The Labute approximate surface area is 125 Å². The molecule has 0 fully saturated rings. The van der Waals surface area contributed by atoms with E-state index in [-0.39, 0.29) is 0 Å². The highest BCUT2D eigenvalue weighted by Gasteiger charge is 2.28. The maximum Gasteiger partial charge on any atom is 0.0116 e. The van der Waals surface area contributed by atoms with Crippen LogP contribution in [0.2, 0.25) is 0 Å². The fourth-order valence-electron chi connectivity index (χ4n) is 2.23. The molecule has 0 aliphatic rings. The van der Waals surface area contributed by atoms with Gasteiger partial charge in [-0.3, -0.25) is 0 Å². The van der Waals surface area contributed by atoms with E-state index < -0.39 is 9.24 Å².